The number of halogens is 1. The van der Waals surface area contributed by atoms with Crippen LogP contribution in [-0.4, -0.2) is 26.3 Å². The Kier molecular flexibility index (Phi) is 5.04. The van der Waals surface area contributed by atoms with E-state index in [1.165, 1.54) is 12.3 Å². The minimum Gasteiger partial charge on any atom is -0.493 e. The third kappa shape index (κ3) is 3.21. The number of rotatable bonds is 6. The maximum atomic E-state index is 13.7. The highest BCUT2D eigenvalue weighted by molar-refractivity contribution is 5.55. The molecule has 1 heterocycles. The van der Waals surface area contributed by atoms with Crippen LogP contribution >= 0.6 is 0 Å². The largest absolute Gasteiger partial charge is 0.493 e. The summed E-state index contributed by atoms with van der Waals surface area (Å²) in [4.78, 5) is 3.99. The van der Waals surface area contributed by atoms with Crippen LogP contribution in [0.4, 0.5) is 10.2 Å². The second-order valence-corrected chi connectivity index (χ2v) is 4.66. The number of ether oxygens (including phenoxy) is 3. The quantitative estimate of drug-likeness (QED) is 0.886. The molecule has 22 heavy (non-hydrogen) atoms. The molecule has 0 aliphatic carbocycles. The van der Waals surface area contributed by atoms with Crippen LogP contribution in [0, 0.1) is 5.82 Å². The van der Waals surface area contributed by atoms with Crippen molar-refractivity contribution in [3.05, 3.63) is 41.8 Å². The van der Waals surface area contributed by atoms with E-state index in [-0.39, 0.29) is 11.9 Å². The SMILES string of the molecule is COc1cc(C(C)Nc2ncccc2F)cc(OC)c1OC. The molecule has 0 aliphatic rings. The summed E-state index contributed by atoms with van der Waals surface area (Å²) in [5.74, 6) is 1.41. The Hall–Kier alpha value is -2.50. The molecule has 1 atom stereocenters. The van der Waals surface area contributed by atoms with Gasteiger partial charge in [-0.05, 0) is 36.8 Å². The van der Waals surface area contributed by atoms with Crippen LogP contribution < -0.4 is 19.5 Å². The van der Waals surface area contributed by atoms with Crippen molar-refractivity contribution in [1.82, 2.24) is 4.98 Å². The molecule has 0 saturated heterocycles. The predicted molar refractivity (Wildman–Crippen MR) is 82.3 cm³/mol. The molecule has 2 rings (SSSR count). The van der Waals surface area contributed by atoms with Crippen molar-refractivity contribution >= 4 is 5.82 Å². The van der Waals surface area contributed by atoms with E-state index in [0.717, 1.165) is 5.56 Å². The second kappa shape index (κ2) is 6.98. The van der Waals surface area contributed by atoms with Gasteiger partial charge in [-0.2, -0.15) is 0 Å². The van der Waals surface area contributed by atoms with E-state index >= 15 is 0 Å². The van der Waals surface area contributed by atoms with Gasteiger partial charge < -0.3 is 19.5 Å². The molecular formula is C16H19FN2O3. The van der Waals surface area contributed by atoms with Gasteiger partial charge in [0.25, 0.3) is 0 Å². The number of hydrogen-bond donors (Lipinski definition) is 1. The molecule has 2 aromatic rings. The molecular weight excluding hydrogens is 287 g/mol. The van der Waals surface area contributed by atoms with Crippen molar-refractivity contribution in [3.63, 3.8) is 0 Å². The number of benzene rings is 1. The molecule has 1 aromatic carbocycles. The average molecular weight is 306 g/mol. The smallest absolute Gasteiger partial charge is 0.203 e. The second-order valence-electron chi connectivity index (χ2n) is 4.66. The van der Waals surface area contributed by atoms with Crippen LogP contribution in [0.1, 0.15) is 18.5 Å². The van der Waals surface area contributed by atoms with E-state index in [1.807, 2.05) is 19.1 Å². The van der Waals surface area contributed by atoms with Crippen molar-refractivity contribution in [2.45, 2.75) is 13.0 Å². The van der Waals surface area contributed by atoms with Gasteiger partial charge in [0.1, 0.15) is 0 Å². The van der Waals surface area contributed by atoms with E-state index in [2.05, 4.69) is 10.3 Å². The monoisotopic (exact) mass is 306 g/mol. The fourth-order valence-corrected chi connectivity index (χ4v) is 2.13. The molecule has 0 saturated carbocycles. The standard InChI is InChI=1S/C16H19FN2O3/c1-10(19-16-12(17)6-5-7-18-16)11-8-13(20-2)15(22-4)14(9-11)21-3/h5-10H,1-4H3,(H,18,19). The van der Waals surface area contributed by atoms with E-state index in [9.17, 15) is 4.39 Å². The zero-order valence-electron chi connectivity index (χ0n) is 13.0. The van der Waals surface area contributed by atoms with E-state index in [0.29, 0.717) is 17.2 Å². The number of nitrogens with one attached hydrogen (secondary N) is 1. The van der Waals surface area contributed by atoms with Gasteiger partial charge in [-0.25, -0.2) is 9.37 Å². The first-order valence-corrected chi connectivity index (χ1v) is 6.77. The Labute approximate surface area is 129 Å². The normalized spacial score (nSPS) is 11.7. The summed E-state index contributed by atoms with van der Waals surface area (Å²) in [7, 11) is 4.65. The Morgan fingerprint density at radius 1 is 1.09 bits per heavy atom. The summed E-state index contributed by atoms with van der Waals surface area (Å²) in [6.45, 7) is 1.90. The highest BCUT2D eigenvalue weighted by Crippen LogP contribution is 2.40. The van der Waals surface area contributed by atoms with Crippen molar-refractivity contribution in [3.8, 4) is 17.2 Å². The molecule has 0 spiro atoms. The highest BCUT2D eigenvalue weighted by Gasteiger charge is 2.17. The van der Waals surface area contributed by atoms with Gasteiger partial charge in [-0.3, -0.25) is 0 Å². The summed E-state index contributed by atoms with van der Waals surface area (Å²) < 4.78 is 29.6. The van der Waals surface area contributed by atoms with Gasteiger partial charge in [0.2, 0.25) is 5.75 Å². The van der Waals surface area contributed by atoms with Gasteiger partial charge in [-0.1, -0.05) is 0 Å². The molecule has 1 N–H and O–H groups in total. The van der Waals surface area contributed by atoms with Crippen LogP contribution in [0.5, 0.6) is 17.2 Å². The van der Waals surface area contributed by atoms with Gasteiger partial charge in [0.15, 0.2) is 23.1 Å². The molecule has 1 unspecified atom stereocenters. The third-order valence-electron chi connectivity index (χ3n) is 3.30. The molecule has 5 nitrogen and oxygen atoms in total. The predicted octanol–water partition coefficient (Wildman–Crippen LogP) is 3.42. The maximum absolute atomic E-state index is 13.7. The van der Waals surface area contributed by atoms with E-state index in [1.54, 1.807) is 27.4 Å². The van der Waals surface area contributed by atoms with Gasteiger partial charge >= 0.3 is 0 Å². The number of pyridine rings is 1. The van der Waals surface area contributed by atoms with Crippen LogP contribution in [0.15, 0.2) is 30.5 Å². The number of nitrogens with zero attached hydrogens (tertiary/aromatic N) is 1. The number of hydrogen-bond acceptors (Lipinski definition) is 5. The minimum absolute atomic E-state index is 0.196. The third-order valence-corrected chi connectivity index (χ3v) is 3.30. The number of aromatic nitrogens is 1. The fourth-order valence-electron chi connectivity index (χ4n) is 2.13. The Bertz CT molecular complexity index is 624. The molecule has 0 aliphatic heterocycles. The van der Waals surface area contributed by atoms with Gasteiger partial charge in [0.05, 0.1) is 27.4 Å². The molecule has 1 aromatic heterocycles. The molecule has 0 fully saturated rings. The lowest BCUT2D eigenvalue weighted by atomic mass is 10.1. The molecule has 118 valence electrons. The highest BCUT2D eigenvalue weighted by atomic mass is 19.1. The molecule has 0 bridgehead atoms. The fraction of sp³-hybridized carbons (Fsp3) is 0.312. The average Bonchev–Trinajstić information content (AvgIpc) is 2.55. The molecule has 6 heteroatoms. The summed E-state index contributed by atoms with van der Waals surface area (Å²) >= 11 is 0. The van der Waals surface area contributed by atoms with Crippen molar-refractivity contribution < 1.29 is 18.6 Å². The zero-order chi connectivity index (χ0) is 16.1. The summed E-state index contributed by atoms with van der Waals surface area (Å²) in [6.07, 6.45) is 1.54. The Morgan fingerprint density at radius 3 is 2.23 bits per heavy atom. The van der Waals surface area contributed by atoms with E-state index < -0.39 is 5.82 Å². The lowest BCUT2D eigenvalue weighted by Crippen LogP contribution is -2.10. The van der Waals surface area contributed by atoms with E-state index in [4.69, 9.17) is 14.2 Å². The first kappa shape index (κ1) is 15.9. The van der Waals surface area contributed by atoms with Gasteiger partial charge in [0, 0.05) is 6.20 Å². The number of methoxy groups -OCH3 is 3. The Balaban J connectivity index is 2.33. The number of anilines is 1. The first-order valence-electron chi connectivity index (χ1n) is 6.77. The lowest BCUT2D eigenvalue weighted by Gasteiger charge is -2.19. The van der Waals surface area contributed by atoms with Crippen molar-refractivity contribution in [2.75, 3.05) is 26.6 Å². The Morgan fingerprint density at radius 2 is 1.73 bits per heavy atom. The first-order chi connectivity index (χ1) is 10.6. The van der Waals surface area contributed by atoms with Crippen molar-refractivity contribution in [2.24, 2.45) is 0 Å². The molecule has 0 amide bonds. The molecule has 0 radical (unpaired) electrons. The lowest BCUT2D eigenvalue weighted by molar-refractivity contribution is 0.323. The minimum atomic E-state index is -0.401. The van der Waals surface area contributed by atoms with Crippen LogP contribution in [0.3, 0.4) is 0 Å². The summed E-state index contributed by atoms with van der Waals surface area (Å²) in [5.41, 5.74) is 0.861. The van der Waals surface area contributed by atoms with Crippen LogP contribution in [-0.2, 0) is 0 Å². The van der Waals surface area contributed by atoms with Crippen molar-refractivity contribution in [1.29, 1.82) is 0 Å². The van der Waals surface area contributed by atoms with Gasteiger partial charge in [-0.15, -0.1) is 0 Å². The topological polar surface area (TPSA) is 52.6 Å². The summed E-state index contributed by atoms with van der Waals surface area (Å²) in [5, 5.41) is 3.03. The summed E-state index contributed by atoms with van der Waals surface area (Å²) in [6, 6.07) is 6.35. The maximum Gasteiger partial charge on any atom is 0.203 e. The van der Waals surface area contributed by atoms with Crippen LogP contribution in [0.2, 0.25) is 0 Å². The van der Waals surface area contributed by atoms with Crippen LogP contribution in [0.25, 0.3) is 0 Å². The zero-order valence-corrected chi connectivity index (χ0v) is 13.0.